The molecule has 0 spiro atoms. The van der Waals surface area contributed by atoms with Crippen LogP contribution in [0.2, 0.25) is 18.1 Å². The minimum atomic E-state index is -3.81. The van der Waals surface area contributed by atoms with Crippen LogP contribution in [0, 0.1) is 0 Å². The first-order chi connectivity index (χ1) is 18.9. The normalized spacial score (nSPS) is 12.6. The smallest absolute Gasteiger partial charge is 0.268 e. The van der Waals surface area contributed by atoms with Crippen LogP contribution in [0.3, 0.4) is 0 Å². The van der Waals surface area contributed by atoms with Gasteiger partial charge in [0.1, 0.15) is 6.10 Å². The lowest BCUT2D eigenvalue weighted by atomic mass is 10.0. The zero-order chi connectivity index (χ0) is 28.0. The molecule has 39 heavy (non-hydrogen) atoms. The molecule has 2 aromatic heterocycles. The lowest BCUT2D eigenvalue weighted by Crippen LogP contribution is -2.13. The summed E-state index contributed by atoms with van der Waals surface area (Å²) >= 11 is 0. The van der Waals surface area contributed by atoms with Crippen molar-refractivity contribution < 1.29 is 13.2 Å². The van der Waals surface area contributed by atoms with Gasteiger partial charge in [0, 0.05) is 33.2 Å². The van der Waals surface area contributed by atoms with Crippen LogP contribution < -0.4 is 0 Å². The van der Waals surface area contributed by atoms with E-state index in [2.05, 4.69) is 25.8 Å². The van der Waals surface area contributed by atoms with Gasteiger partial charge in [-0.25, -0.2) is 17.4 Å². The molecule has 0 amide bonds. The Labute approximate surface area is 233 Å². The van der Waals surface area contributed by atoms with Crippen molar-refractivity contribution in [3.05, 3.63) is 96.6 Å². The molecule has 0 aliphatic rings. The van der Waals surface area contributed by atoms with Crippen molar-refractivity contribution in [2.75, 3.05) is 6.61 Å². The summed E-state index contributed by atoms with van der Waals surface area (Å²) in [6.07, 6.45) is 3.15. The minimum absolute atomic E-state index is 0.137. The third-order valence-electron chi connectivity index (χ3n) is 7.19. The van der Waals surface area contributed by atoms with Gasteiger partial charge in [-0.3, -0.25) is 0 Å². The first-order valence-electron chi connectivity index (χ1n) is 13.6. The van der Waals surface area contributed by atoms with Crippen LogP contribution >= 0.6 is 0 Å². The van der Waals surface area contributed by atoms with E-state index in [1.54, 1.807) is 36.8 Å². The van der Waals surface area contributed by atoms with Crippen LogP contribution in [0.25, 0.3) is 21.8 Å². The number of rotatable bonds is 9. The molecule has 8 heteroatoms. The van der Waals surface area contributed by atoms with Crippen molar-refractivity contribution in [2.24, 2.45) is 7.05 Å². The Bertz CT molecular complexity index is 1620. The molecule has 0 N–H and O–H groups in total. The highest BCUT2D eigenvalue weighted by atomic mass is 32.2. The molecule has 2 heterocycles. The molecule has 1 atom stereocenters. The molecule has 5 rings (SSSR count). The second kappa shape index (κ2) is 12.8. The van der Waals surface area contributed by atoms with E-state index in [1.165, 1.54) is 22.1 Å². The Kier molecular flexibility index (Phi) is 9.43. The Morgan fingerprint density at radius 3 is 2.08 bits per heavy atom. The van der Waals surface area contributed by atoms with Gasteiger partial charge in [-0.1, -0.05) is 87.4 Å². The highest BCUT2D eigenvalue weighted by Gasteiger charge is 2.25. The van der Waals surface area contributed by atoms with Gasteiger partial charge in [-0.15, -0.1) is 0 Å². The van der Waals surface area contributed by atoms with E-state index >= 15 is 0 Å². The first-order valence-corrected chi connectivity index (χ1v) is 17.2. The summed E-state index contributed by atoms with van der Waals surface area (Å²) in [7, 11) is -1.75. The number of hydrogen-bond acceptors (Lipinski definition) is 4. The molecular weight excluding hydrogens is 523 g/mol. The second-order valence-corrected chi connectivity index (χ2v) is 14.9. The summed E-state index contributed by atoms with van der Waals surface area (Å²) < 4.78 is 36.9. The molecule has 0 saturated heterocycles. The lowest BCUT2D eigenvalue weighted by molar-refractivity contribution is 0.0864. The molecule has 0 aliphatic carbocycles. The Morgan fingerprint density at radius 1 is 0.846 bits per heavy atom. The van der Waals surface area contributed by atoms with Crippen molar-refractivity contribution in [3.63, 3.8) is 0 Å². The lowest BCUT2D eigenvalue weighted by Gasteiger charge is -2.18. The first kappa shape index (κ1) is 28.8. The predicted molar refractivity (Wildman–Crippen MR) is 162 cm³/mol. The zero-order valence-corrected chi connectivity index (χ0v) is 25.3. The average Bonchev–Trinajstić information content (AvgIpc) is 3.54. The van der Waals surface area contributed by atoms with E-state index in [-0.39, 0.29) is 19.8 Å². The molecule has 0 saturated carbocycles. The van der Waals surface area contributed by atoms with Gasteiger partial charge >= 0.3 is 0 Å². The van der Waals surface area contributed by atoms with E-state index in [0.717, 1.165) is 22.0 Å². The number of imidazole rings is 1. The fraction of sp³-hybridized carbons (Fsp3) is 0.323. The number of hydrogen-bond donors (Lipinski definition) is 0. The number of ether oxygens (including phenoxy) is 1. The molecule has 0 bridgehead atoms. The van der Waals surface area contributed by atoms with Crippen LogP contribution in [-0.2, 0) is 21.8 Å². The third kappa shape index (κ3) is 5.88. The number of nitrogens with zero attached hydrogens (tertiary/aromatic N) is 3. The van der Waals surface area contributed by atoms with Gasteiger partial charge in [0.2, 0.25) is 0 Å². The maximum absolute atomic E-state index is 13.7. The zero-order valence-electron chi connectivity index (χ0n) is 23.5. The fourth-order valence-corrected chi connectivity index (χ4v) is 8.00. The average molecular weight is 561 g/mol. The molecule has 205 valence electrons. The van der Waals surface area contributed by atoms with Gasteiger partial charge in [0.05, 0.1) is 34.1 Å². The Hall–Kier alpha value is -3.20. The van der Waals surface area contributed by atoms with E-state index < -0.39 is 10.0 Å². The highest BCUT2D eigenvalue weighted by Crippen LogP contribution is 2.35. The summed E-state index contributed by atoms with van der Waals surface area (Å²) in [6.45, 7) is 9.38. The summed E-state index contributed by atoms with van der Waals surface area (Å²) in [4.78, 5) is 4.48. The Balaban J connectivity index is 0.000000448. The van der Waals surface area contributed by atoms with Crippen molar-refractivity contribution in [1.82, 2.24) is 13.5 Å². The molecule has 5 aromatic rings. The van der Waals surface area contributed by atoms with Crippen LogP contribution in [0.5, 0.6) is 0 Å². The van der Waals surface area contributed by atoms with E-state index in [9.17, 15) is 8.42 Å². The van der Waals surface area contributed by atoms with Gasteiger partial charge < -0.3 is 9.30 Å². The third-order valence-corrected chi connectivity index (χ3v) is 11.9. The summed E-state index contributed by atoms with van der Waals surface area (Å²) in [6, 6.07) is 26.4. The van der Waals surface area contributed by atoms with Crippen molar-refractivity contribution in [3.8, 4) is 0 Å². The summed E-state index contributed by atoms with van der Waals surface area (Å²) in [5, 5.41) is 1.77. The van der Waals surface area contributed by atoms with Gasteiger partial charge in [0.15, 0.2) is 0 Å². The van der Waals surface area contributed by atoms with Crippen LogP contribution in [0.15, 0.2) is 90.2 Å². The number of benzene rings is 3. The van der Waals surface area contributed by atoms with Gasteiger partial charge in [-0.2, -0.15) is 0 Å². The maximum atomic E-state index is 13.7. The largest absolute Gasteiger partial charge is 0.367 e. The second-order valence-electron chi connectivity index (χ2n) is 9.45. The van der Waals surface area contributed by atoms with E-state index in [0.29, 0.717) is 17.6 Å². The topological polar surface area (TPSA) is 66.1 Å². The minimum Gasteiger partial charge on any atom is -0.367 e. The molecule has 0 fully saturated rings. The predicted octanol–water partition coefficient (Wildman–Crippen LogP) is 7.43. The molecule has 3 aromatic carbocycles. The monoisotopic (exact) mass is 560 g/mol. The molecular formula is C31H38N3O3SSi. The van der Waals surface area contributed by atoms with Crippen molar-refractivity contribution in [1.29, 1.82) is 0 Å². The van der Waals surface area contributed by atoms with Crippen molar-refractivity contribution in [2.45, 2.75) is 56.8 Å². The number of aromatic nitrogens is 3. The van der Waals surface area contributed by atoms with Crippen LogP contribution in [-0.4, -0.2) is 37.3 Å². The maximum Gasteiger partial charge on any atom is 0.268 e. The number of aryl methyl sites for hydroxylation is 1. The van der Waals surface area contributed by atoms with Crippen molar-refractivity contribution >= 4 is 40.6 Å². The highest BCUT2D eigenvalue weighted by molar-refractivity contribution is 7.90. The summed E-state index contributed by atoms with van der Waals surface area (Å²) in [5.74, 6) is 0. The van der Waals surface area contributed by atoms with Crippen LogP contribution in [0.1, 0.15) is 45.1 Å². The fourth-order valence-electron chi connectivity index (χ4n) is 4.96. The molecule has 1 unspecified atom stereocenters. The number of para-hydroxylation sites is 1. The van der Waals surface area contributed by atoms with E-state index in [4.69, 9.17) is 4.74 Å². The van der Waals surface area contributed by atoms with Gasteiger partial charge in [0.25, 0.3) is 10.0 Å². The Morgan fingerprint density at radius 2 is 1.49 bits per heavy atom. The SMILES string of the molecule is CCOC(c1ccc2c3ccccc3n(S(=O)(=O)c3ccccc3)c2c1)c1cncn1C.CC[Si](CC)CC. The quantitative estimate of drug-likeness (QED) is 0.176. The standard InChI is InChI=1S/C25H23N3O3S.C6H15Si/c1-3-31-25(24-16-26-17-27(24)2)18-13-14-21-20-11-7-8-12-22(20)28(23(21)15-18)32(29,30)19-9-5-4-6-10-19;1-4-7(5-2)6-3/h4-17,25H,3H2,1-2H3;4-6H2,1-3H3. The van der Waals surface area contributed by atoms with Gasteiger partial charge in [-0.05, 0) is 36.8 Å². The summed E-state index contributed by atoms with van der Waals surface area (Å²) in [5.41, 5.74) is 3.05. The van der Waals surface area contributed by atoms with E-state index in [1.807, 2.05) is 67.1 Å². The number of fused-ring (bicyclic) bond motifs is 3. The molecule has 1 radical (unpaired) electrons. The molecule has 6 nitrogen and oxygen atoms in total. The van der Waals surface area contributed by atoms with Crippen LogP contribution in [0.4, 0.5) is 0 Å². The molecule has 0 aliphatic heterocycles.